The predicted octanol–water partition coefficient (Wildman–Crippen LogP) is 1.89. The van der Waals surface area contributed by atoms with Crippen molar-refractivity contribution in [3.05, 3.63) is 30.3 Å². The number of piperidine rings is 1. The zero-order chi connectivity index (χ0) is 11.2. The van der Waals surface area contributed by atoms with Gasteiger partial charge in [-0.3, -0.25) is 4.90 Å². The summed E-state index contributed by atoms with van der Waals surface area (Å²) in [4.78, 5) is 4.41. The molecule has 16 heavy (non-hydrogen) atoms. The standard InChI is InChI=1S/C13H20N2O/c16-12-15(13-7-3-1-4-8-13)11-14-9-5-2-6-10-14/h1,3-4,7-8,16H,2,5-6,9-12H2. The van der Waals surface area contributed by atoms with Gasteiger partial charge in [0.05, 0.1) is 6.67 Å². The van der Waals surface area contributed by atoms with Crippen LogP contribution in [0.1, 0.15) is 19.3 Å². The first-order valence-electron chi connectivity index (χ1n) is 6.03. The maximum atomic E-state index is 9.41. The highest BCUT2D eigenvalue weighted by Gasteiger charge is 2.13. The number of hydrogen-bond acceptors (Lipinski definition) is 3. The molecule has 88 valence electrons. The maximum absolute atomic E-state index is 9.41. The van der Waals surface area contributed by atoms with Gasteiger partial charge in [-0.15, -0.1) is 0 Å². The monoisotopic (exact) mass is 220 g/mol. The van der Waals surface area contributed by atoms with Crippen molar-refractivity contribution in [2.24, 2.45) is 0 Å². The van der Waals surface area contributed by atoms with Crippen molar-refractivity contribution in [1.82, 2.24) is 4.90 Å². The van der Waals surface area contributed by atoms with Crippen molar-refractivity contribution < 1.29 is 5.11 Å². The normalized spacial score (nSPS) is 17.3. The van der Waals surface area contributed by atoms with Gasteiger partial charge in [-0.1, -0.05) is 24.6 Å². The minimum atomic E-state index is 0.0838. The van der Waals surface area contributed by atoms with Crippen molar-refractivity contribution in [2.75, 3.05) is 31.4 Å². The van der Waals surface area contributed by atoms with Gasteiger partial charge in [0, 0.05) is 5.69 Å². The topological polar surface area (TPSA) is 26.7 Å². The zero-order valence-electron chi connectivity index (χ0n) is 9.68. The van der Waals surface area contributed by atoms with Gasteiger partial charge in [-0.05, 0) is 38.1 Å². The summed E-state index contributed by atoms with van der Waals surface area (Å²) in [5.74, 6) is 0. The van der Waals surface area contributed by atoms with Crippen LogP contribution >= 0.6 is 0 Å². The molecule has 1 N–H and O–H groups in total. The zero-order valence-corrected chi connectivity index (χ0v) is 9.68. The number of aliphatic hydroxyl groups excluding tert-OH is 1. The van der Waals surface area contributed by atoms with Crippen molar-refractivity contribution in [3.63, 3.8) is 0 Å². The SMILES string of the molecule is OCN(CN1CCCCC1)c1ccccc1. The number of aliphatic hydroxyl groups is 1. The maximum Gasteiger partial charge on any atom is 0.116 e. The molecule has 0 unspecified atom stereocenters. The van der Waals surface area contributed by atoms with Crippen molar-refractivity contribution in [2.45, 2.75) is 19.3 Å². The second-order valence-electron chi connectivity index (χ2n) is 4.34. The Labute approximate surface area is 97.3 Å². The van der Waals surface area contributed by atoms with E-state index < -0.39 is 0 Å². The third-order valence-corrected chi connectivity index (χ3v) is 3.11. The Morgan fingerprint density at radius 1 is 1.06 bits per heavy atom. The quantitative estimate of drug-likeness (QED) is 0.785. The van der Waals surface area contributed by atoms with Crippen molar-refractivity contribution >= 4 is 5.69 Å². The van der Waals surface area contributed by atoms with Gasteiger partial charge in [-0.25, -0.2) is 0 Å². The molecule has 0 saturated carbocycles. The molecule has 1 aliphatic rings. The summed E-state index contributed by atoms with van der Waals surface area (Å²) >= 11 is 0. The first-order valence-corrected chi connectivity index (χ1v) is 6.03. The van der Waals surface area contributed by atoms with Crippen molar-refractivity contribution in [3.8, 4) is 0 Å². The minimum Gasteiger partial charge on any atom is -0.376 e. The molecule has 3 nitrogen and oxygen atoms in total. The first-order chi connectivity index (χ1) is 7.90. The second kappa shape index (κ2) is 5.87. The molecule has 1 saturated heterocycles. The van der Waals surface area contributed by atoms with Crippen LogP contribution in [0.5, 0.6) is 0 Å². The summed E-state index contributed by atoms with van der Waals surface area (Å²) in [6.45, 7) is 3.23. The Hall–Kier alpha value is -1.06. The fraction of sp³-hybridized carbons (Fsp3) is 0.538. The number of para-hydroxylation sites is 1. The summed E-state index contributed by atoms with van der Waals surface area (Å²) in [6, 6.07) is 10.1. The van der Waals surface area contributed by atoms with Gasteiger partial charge in [0.1, 0.15) is 6.73 Å². The average Bonchev–Trinajstić information content (AvgIpc) is 2.38. The highest BCUT2D eigenvalue weighted by molar-refractivity contribution is 5.45. The lowest BCUT2D eigenvalue weighted by Gasteiger charge is -2.32. The van der Waals surface area contributed by atoms with Crippen LogP contribution < -0.4 is 4.90 Å². The molecule has 1 fully saturated rings. The Bertz CT molecular complexity index is 296. The van der Waals surface area contributed by atoms with E-state index in [1.54, 1.807) is 0 Å². The number of nitrogens with zero attached hydrogens (tertiary/aromatic N) is 2. The largest absolute Gasteiger partial charge is 0.376 e. The molecule has 0 aliphatic carbocycles. The summed E-state index contributed by atoms with van der Waals surface area (Å²) in [5.41, 5.74) is 1.09. The Balaban J connectivity index is 1.94. The third kappa shape index (κ3) is 2.97. The lowest BCUT2D eigenvalue weighted by molar-refractivity contribution is 0.200. The number of likely N-dealkylation sites (tertiary alicyclic amines) is 1. The van der Waals surface area contributed by atoms with Crippen LogP contribution in [-0.4, -0.2) is 36.5 Å². The molecule has 0 bridgehead atoms. The molecule has 0 radical (unpaired) electrons. The van der Waals surface area contributed by atoms with Gasteiger partial charge < -0.3 is 10.0 Å². The molecule has 2 rings (SSSR count). The lowest BCUT2D eigenvalue weighted by Crippen LogP contribution is -2.41. The summed E-state index contributed by atoms with van der Waals surface area (Å²) < 4.78 is 0. The van der Waals surface area contributed by atoms with E-state index in [-0.39, 0.29) is 6.73 Å². The van der Waals surface area contributed by atoms with Gasteiger partial charge in [-0.2, -0.15) is 0 Å². The molecule has 1 aliphatic heterocycles. The number of anilines is 1. The molecule has 0 spiro atoms. The summed E-state index contributed by atoms with van der Waals surface area (Å²) in [6.07, 6.45) is 3.92. The number of hydrogen-bond donors (Lipinski definition) is 1. The highest BCUT2D eigenvalue weighted by atomic mass is 16.3. The minimum absolute atomic E-state index is 0.0838. The van der Waals surface area contributed by atoms with Crippen LogP contribution in [0.25, 0.3) is 0 Å². The molecule has 0 atom stereocenters. The van der Waals surface area contributed by atoms with E-state index in [1.165, 1.54) is 19.3 Å². The molecule has 3 heteroatoms. The second-order valence-corrected chi connectivity index (χ2v) is 4.34. The van der Waals surface area contributed by atoms with Gasteiger partial charge in [0.25, 0.3) is 0 Å². The Morgan fingerprint density at radius 3 is 2.38 bits per heavy atom. The first kappa shape index (κ1) is 11.4. The molecule has 1 heterocycles. The number of rotatable bonds is 4. The third-order valence-electron chi connectivity index (χ3n) is 3.11. The van der Waals surface area contributed by atoms with E-state index in [4.69, 9.17) is 0 Å². The molecule has 1 aromatic carbocycles. The van der Waals surface area contributed by atoms with E-state index in [9.17, 15) is 5.11 Å². The molecule has 1 aromatic rings. The van der Waals surface area contributed by atoms with Crippen molar-refractivity contribution in [1.29, 1.82) is 0 Å². The Morgan fingerprint density at radius 2 is 1.75 bits per heavy atom. The summed E-state index contributed by atoms with van der Waals surface area (Å²) in [5, 5.41) is 9.41. The summed E-state index contributed by atoms with van der Waals surface area (Å²) in [7, 11) is 0. The van der Waals surface area contributed by atoms with E-state index in [2.05, 4.69) is 4.90 Å². The number of benzene rings is 1. The Kier molecular flexibility index (Phi) is 4.19. The molecular formula is C13H20N2O. The lowest BCUT2D eigenvalue weighted by atomic mass is 10.1. The van der Waals surface area contributed by atoms with Crippen LogP contribution in [0.2, 0.25) is 0 Å². The molecule has 0 aromatic heterocycles. The van der Waals surface area contributed by atoms with Crippen LogP contribution in [0.15, 0.2) is 30.3 Å². The molecule has 0 amide bonds. The average molecular weight is 220 g/mol. The predicted molar refractivity (Wildman–Crippen MR) is 66.3 cm³/mol. The fourth-order valence-electron chi connectivity index (χ4n) is 2.19. The smallest absolute Gasteiger partial charge is 0.116 e. The molecular weight excluding hydrogens is 200 g/mol. The highest BCUT2D eigenvalue weighted by Crippen LogP contribution is 2.15. The van der Waals surface area contributed by atoms with Crippen LogP contribution in [0, 0.1) is 0 Å². The van der Waals surface area contributed by atoms with Gasteiger partial charge >= 0.3 is 0 Å². The van der Waals surface area contributed by atoms with E-state index in [0.29, 0.717) is 0 Å². The fourth-order valence-corrected chi connectivity index (χ4v) is 2.19. The van der Waals surface area contributed by atoms with Gasteiger partial charge in [0.15, 0.2) is 0 Å². The van der Waals surface area contributed by atoms with Gasteiger partial charge in [0.2, 0.25) is 0 Å². The van der Waals surface area contributed by atoms with E-state index in [1.807, 2.05) is 35.2 Å². The van der Waals surface area contributed by atoms with Crippen LogP contribution in [0.4, 0.5) is 5.69 Å². The van der Waals surface area contributed by atoms with E-state index >= 15 is 0 Å². The van der Waals surface area contributed by atoms with Crippen LogP contribution in [-0.2, 0) is 0 Å². The van der Waals surface area contributed by atoms with Crippen LogP contribution in [0.3, 0.4) is 0 Å². The van der Waals surface area contributed by atoms with E-state index in [0.717, 1.165) is 25.4 Å².